The van der Waals surface area contributed by atoms with Crippen molar-refractivity contribution in [3.05, 3.63) is 72.9 Å². The van der Waals surface area contributed by atoms with Crippen molar-refractivity contribution in [1.82, 2.24) is 0 Å². The normalized spacial score (nSPS) is 12.5. The summed E-state index contributed by atoms with van der Waals surface area (Å²) < 4.78 is 16.8. The molecule has 1 atom stereocenters. The van der Waals surface area contributed by atoms with E-state index < -0.39 is 6.10 Å². The molecule has 0 aliphatic rings. The van der Waals surface area contributed by atoms with Gasteiger partial charge in [0.25, 0.3) is 0 Å². The minimum atomic E-state index is -0.772. The Morgan fingerprint density at radius 3 is 0.772 bits per heavy atom. The van der Waals surface area contributed by atoms with E-state index in [0.29, 0.717) is 19.3 Å². The predicted molar refractivity (Wildman–Crippen MR) is 344 cm³/mol. The highest BCUT2D eigenvalue weighted by Crippen LogP contribution is 2.18. The summed E-state index contributed by atoms with van der Waals surface area (Å²) in [5, 5.41) is 0. The van der Waals surface area contributed by atoms with Crippen LogP contribution >= 0.6 is 0 Å². The summed E-state index contributed by atoms with van der Waals surface area (Å²) in [6, 6.07) is 0. The Balaban J connectivity index is 3.99. The highest BCUT2D eigenvalue weighted by molar-refractivity contribution is 5.71. The van der Waals surface area contributed by atoms with E-state index in [4.69, 9.17) is 14.2 Å². The zero-order valence-electron chi connectivity index (χ0n) is 52.6. The minimum absolute atomic E-state index is 0.0736. The number of ether oxygens (including phenoxy) is 3. The fraction of sp³-hybridized carbons (Fsp3) is 0.795. The maximum absolute atomic E-state index is 12.9. The maximum Gasteiger partial charge on any atom is 0.306 e. The van der Waals surface area contributed by atoms with Crippen molar-refractivity contribution in [3.63, 3.8) is 0 Å². The molecule has 1 unspecified atom stereocenters. The Hall–Kier alpha value is -3.15. The molecule has 0 bridgehead atoms. The lowest BCUT2D eigenvalue weighted by Gasteiger charge is -2.18. The van der Waals surface area contributed by atoms with E-state index >= 15 is 0 Å². The van der Waals surface area contributed by atoms with E-state index in [1.54, 1.807) is 0 Å². The molecule has 0 amide bonds. The highest BCUT2D eigenvalue weighted by Gasteiger charge is 2.19. The van der Waals surface area contributed by atoms with Crippen molar-refractivity contribution in [2.24, 2.45) is 0 Å². The third-order valence-electron chi connectivity index (χ3n) is 15.2. The van der Waals surface area contributed by atoms with Gasteiger partial charge < -0.3 is 14.2 Å². The number of hydrogen-bond acceptors (Lipinski definition) is 6. The van der Waals surface area contributed by atoms with Crippen molar-refractivity contribution >= 4 is 17.9 Å². The third-order valence-corrected chi connectivity index (χ3v) is 15.2. The van der Waals surface area contributed by atoms with Gasteiger partial charge in [-0.1, -0.05) is 338 Å². The molecule has 0 aliphatic carbocycles. The molecule has 0 fully saturated rings. The van der Waals surface area contributed by atoms with Gasteiger partial charge in [0.1, 0.15) is 13.2 Å². The zero-order chi connectivity index (χ0) is 57.1. The number of hydrogen-bond donors (Lipinski definition) is 0. The summed E-state index contributed by atoms with van der Waals surface area (Å²) >= 11 is 0. The molecule has 0 aromatic heterocycles. The van der Waals surface area contributed by atoms with Gasteiger partial charge in [-0.15, -0.1) is 0 Å². The minimum Gasteiger partial charge on any atom is -0.462 e. The molecule has 79 heavy (non-hydrogen) atoms. The first-order chi connectivity index (χ1) is 39.0. The molecule has 0 radical (unpaired) electrons. The van der Waals surface area contributed by atoms with Crippen molar-refractivity contribution in [2.75, 3.05) is 13.2 Å². The van der Waals surface area contributed by atoms with Crippen LogP contribution in [0.4, 0.5) is 0 Å². The number of allylic oxidation sites excluding steroid dienone is 12. The van der Waals surface area contributed by atoms with Crippen LogP contribution in [0, 0.1) is 0 Å². The van der Waals surface area contributed by atoms with Crippen molar-refractivity contribution in [1.29, 1.82) is 0 Å². The molecule has 0 saturated carbocycles. The molecule has 458 valence electrons. The van der Waals surface area contributed by atoms with E-state index in [1.807, 2.05) is 0 Å². The van der Waals surface area contributed by atoms with Crippen LogP contribution in [-0.2, 0) is 28.6 Å². The van der Waals surface area contributed by atoms with E-state index in [1.165, 1.54) is 212 Å². The fourth-order valence-corrected chi connectivity index (χ4v) is 10.1. The molecular formula is C73H130O6. The second-order valence-electron chi connectivity index (χ2n) is 23.1. The van der Waals surface area contributed by atoms with Gasteiger partial charge in [0, 0.05) is 19.3 Å². The van der Waals surface area contributed by atoms with Gasteiger partial charge in [0.15, 0.2) is 6.10 Å². The second kappa shape index (κ2) is 67.4. The van der Waals surface area contributed by atoms with E-state index in [2.05, 4.69) is 93.7 Å². The van der Waals surface area contributed by atoms with Crippen LogP contribution in [0.15, 0.2) is 72.9 Å². The van der Waals surface area contributed by atoms with Crippen molar-refractivity contribution < 1.29 is 28.6 Å². The summed E-state index contributed by atoms with van der Waals surface area (Å²) in [7, 11) is 0. The average molecular weight is 1100 g/mol. The largest absolute Gasteiger partial charge is 0.462 e. The molecule has 0 spiro atoms. The van der Waals surface area contributed by atoms with E-state index in [9.17, 15) is 14.4 Å². The van der Waals surface area contributed by atoms with Gasteiger partial charge in [0.2, 0.25) is 0 Å². The van der Waals surface area contributed by atoms with Crippen molar-refractivity contribution in [3.8, 4) is 0 Å². The van der Waals surface area contributed by atoms with Gasteiger partial charge in [-0.2, -0.15) is 0 Å². The van der Waals surface area contributed by atoms with Crippen LogP contribution in [0.3, 0.4) is 0 Å². The number of esters is 3. The number of carbonyl (C=O) groups is 3. The average Bonchev–Trinajstić information content (AvgIpc) is 3.45. The molecule has 0 heterocycles. The second-order valence-corrected chi connectivity index (χ2v) is 23.1. The fourth-order valence-electron chi connectivity index (χ4n) is 10.1. The third kappa shape index (κ3) is 65.5. The number of unbranched alkanes of at least 4 members (excludes halogenated alkanes) is 40. The first-order valence-corrected chi connectivity index (χ1v) is 34.4. The van der Waals surface area contributed by atoms with Crippen LogP contribution in [0.2, 0.25) is 0 Å². The lowest BCUT2D eigenvalue weighted by Crippen LogP contribution is -2.30. The molecule has 0 N–H and O–H groups in total. The van der Waals surface area contributed by atoms with E-state index in [-0.39, 0.29) is 31.1 Å². The number of rotatable bonds is 63. The monoisotopic (exact) mass is 1100 g/mol. The Bertz CT molecular complexity index is 1450. The smallest absolute Gasteiger partial charge is 0.306 e. The summed E-state index contributed by atoms with van der Waals surface area (Å²) in [4.78, 5) is 38.0. The summed E-state index contributed by atoms with van der Waals surface area (Å²) in [6.07, 6.45) is 88.4. The Morgan fingerprint density at radius 1 is 0.266 bits per heavy atom. The predicted octanol–water partition coefficient (Wildman–Crippen LogP) is 23.7. The molecule has 0 aromatic carbocycles. The first-order valence-electron chi connectivity index (χ1n) is 34.4. The van der Waals surface area contributed by atoms with Gasteiger partial charge in [0.05, 0.1) is 0 Å². The number of carbonyl (C=O) groups excluding carboxylic acids is 3. The van der Waals surface area contributed by atoms with Crippen LogP contribution in [-0.4, -0.2) is 37.2 Å². The standard InChI is InChI=1S/C73H130O6/c1-4-7-10-13-15-17-19-21-23-25-27-29-31-33-35-36-38-39-41-43-45-47-49-51-53-55-57-60-63-66-72(75)78-69-70(68-77-71(74)65-62-59-12-9-6-3)79-73(76)67-64-61-58-56-54-52-50-48-46-44-42-40-37-34-32-30-28-26-24-22-20-18-16-14-11-8-5-2/h7,10,15,17,21,23,27,29,33,35,38-39,70H,4-6,8-9,11-14,16,18-20,22,24-26,28,30-32,34,36-37,40-69H2,1-3H3/b10-7-,17-15-,23-21-,29-27-,35-33-,39-38-. The summed E-state index contributed by atoms with van der Waals surface area (Å²) in [6.45, 7) is 6.49. The summed E-state index contributed by atoms with van der Waals surface area (Å²) in [5.41, 5.74) is 0. The van der Waals surface area contributed by atoms with Crippen LogP contribution in [0.25, 0.3) is 0 Å². The maximum atomic E-state index is 12.9. The van der Waals surface area contributed by atoms with Gasteiger partial charge in [-0.3, -0.25) is 14.4 Å². The quantitative estimate of drug-likeness (QED) is 0.0261. The Labute approximate surface area is 491 Å². The SMILES string of the molecule is CC/C=C\C/C=C\C/C=C\C/C=C\C/C=C\C/C=C\CCCCCCCCCCCCC(=O)OCC(COC(=O)CCCCCCC)OC(=O)CCCCCCCCCCCCCCCCCCCCCCCCCCCCC. The Morgan fingerprint density at radius 2 is 0.494 bits per heavy atom. The van der Waals surface area contributed by atoms with Gasteiger partial charge in [-0.05, 0) is 70.6 Å². The van der Waals surface area contributed by atoms with E-state index in [0.717, 1.165) is 103 Å². The van der Waals surface area contributed by atoms with Gasteiger partial charge >= 0.3 is 17.9 Å². The molecular weight excluding hydrogens is 973 g/mol. The zero-order valence-corrected chi connectivity index (χ0v) is 52.6. The molecule has 0 rings (SSSR count). The molecule has 6 nitrogen and oxygen atoms in total. The summed E-state index contributed by atoms with van der Waals surface area (Å²) in [5.74, 6) is -0.874. The van der Waals surface area contributed by atoms with Crippen LogP contribution in [0.5, 0.6) is 0 Å². The Kier molecular flexibility index (Phi) is 64.7. The van der Waals surface area contributed by atoms with Crippen molar-refractivity contribution in [2.45, 2.75) is 361 Å². The molecule has 0 aromatic rings. The van der Waals surface area contributed by atoms with Crippen LogP contribution < -0.4 is 0 Å². The molecule has 0 aliphatic heterocycles. The lowest BCUT2D eigenvalue weighted by molar-refractivity contribution is -0.167. The van der Waals surface area contributed by atoms with Crippen LogP contribution in [0.1, 0.15) is 355 Å². The molecule has 0 saturated heterocycles. The molecule has 6 heteroatoms. The highest BCUT2D eigenvalue weighted by atomic mass is 16.6. The first kappa shape index (κ1) is 75.8. The van der Waals surface area contributed by atoms with Gasteiger partial charge in [-0.25, -0.2) is 0 Å². The topological polar surface area (TPSA) is 78.9 Å². The lowest BCUT2D eigenvalue weighted by atomic mass is 10.0.